The highest BCUT2D eigenvalue weighted by Crippen LogP contribution is 2.30. The number of piperidine rings is 1. The summed E-state index contributed by atoms with van der Waals surface area (Å²) in [6.07, 6.45) is 12.9. The fraction of sp³-hybridized carbons (Fsp3) is 0.696. The molecule has 3 heterocycles. The summed E-state index contributed by atoms with van der Waals surface area (Å²) in [7, 11) is 0. The summed E-state index contributed by atoms with van der Waals surface area (Å²) in [6.45, 7) is 7.55. The number of aromatic nitrogens is 3. The van der Waals surface area contributed by atoms with Gasteiger partial charge >= 0.3 is 0 Å². The molecule has 2 aliphatic rings. The number of nitrogens with two attached hydrogens (primary N) is 1. The highest BCUT2D eigenvalue weighted by atomic mass is 16.1. The van der Waals surface area contributed by atoms with Crippen LogP contribution >= 0.6 is 0 Å². The van der Waals surface area contributed by atoms with Crippen LogP contribution in [-0.4, -0.2) is 66.5 Å². The number of rotatable bonds is 8. The maximum atomic E-state index is 11.1. The van der Waals surface area contributed by atoms with Crippen molar-refractivity contribution in [3.63, 3.8) is 0 Å². The van der Waals surface area contributed by atoms with Gasteiger partial charge in [-0.05, 0) is 63.6 Å². The number of amides is 1. The number of hydrogen-bond donors (Lipinski definition) is 1. The first-order valence-corrected chi connectivity index (χ1v) is 11.7. The molecule has 1 aliphatic carbocycles. The van der Waals surface area contributed by atoms with Gasteiger partial charge in [-0.2, -0.15) is 0 Å². The van der Waals surface area contributed by atoms with Gasteiger partial charge in [0.1, 0.15) is 17.8 Å². The maximum Gasteiger partial charge on any atom is 0.231 e. The van der Waals surface area contributed by atoms with Gasteiger partial charge in [-0.1, -0.05) is 19.3 Å². The lowest BCUT2D eigenvalue weighted by Crippen LogP contribution is -2.40. The third-order valence-electron chi connectivity index (χ3n) is 6.96. The molecule has 1 saturated heterocycles. The number of likely N-dealkylation sites (tertiary alicyclic amines) is 1. The third-order valence-corrected chi connectivity index (χ3v) is 6.96. The number of anilines is 1. The van der Waals surface area contributed by atoms with Crippen LogP contribution in [0.3, 0.4) is 0 Å². The molecule has 1 aliphatic heterocycles. The van der Waals surface area contributed by atoms with E-state index in [4.69, 9.17) is 10.7 Å². The Labute approximate surface area is 188 Å². The lowest BCUT2D eigenvalue weighted by Gasteiger charge is -2.31. The van der Waals surface area contributed by atoms with E-state index in [9.17, 15) is 4.79 Å². The SMILES string of the molecule is CCN(CC1CCCCC1)c1ncnc2c1ccn2CC1CCN(CC(N)=O)CC1.[B]. The molecule has 31 heavy (non-hydrogen) atoms. The van der Waals surface area contributed by atoms with E-state index in [1.165, 1.54) is 37.5 Å². The predicted molar refractivity (Wildman–Crippen MR) is 126 cm³/mol. The van der Waals surface area contributed by atoms with Crippen molar-refractivity contribution in [2.75, 3.05) is 37.6 Å². The van der Waals surface area contributed by atoms with E-state index >= 15 is 0 Å². The average molecular weight is 423 g/mol. The summed E-state index contributed by atoms with van der Waals surface area (Å²) < 4.78 is 2.30. The Hall–Kier alpha value is -2.09. The van der Waals surface area contributed by atoms with Crippen LogP contribution in [0.4, 0.5) is 5.82 Å². The van der Waals surface area contributed by atoms with Crippen molar-refractivity contribution < 1.29 is 4.79 Å². The van der Waals surface area contributed by atoms with Crippen molar-refractivity contribution in [3.05, 3.63) is 18.6 Å². The first-order chi connectivity index (χ1) is 14.6. The Morgan fingerprint density at radius 3 is 2.55 bits per heavy atom. The van der Waals surface area contributed by atoms with Gasteiger partial charge in [0.25, 0.3) is 0 Å². The van der Waals surface area contributed by atoms with Crippen LogP contribution in [0.2, 0.25) is 0 Å². The molecule has 7 nitrogen and oxygen atoms in total. The first-order valence-electron chi connectivity index (χ1n) is 11.7. The second-order valence-electron chi connectivity index (χ2n) is 9.13. The summed E-state index contributed by atoms with van der Waals surface area (Å²) in [5.74, 6) is 2.25. The number of carbonyl (C=O) groups is 1. The number of nitrogens with zero attached hydrogens (tertiary/aromatic N) is 5. The van der Waals surface area contributed by atoms with Gasteiger partial charge in [0.2, 0.25) is 5.91 Å². The second kappa shape index (κ2) is 11.0. The molecule has 0 bridgehead atoms. The number of primary amides is 1. The molecule has 167 valence electrons. The second-order valence-corrected chi connectivity index (χ2v) is 9.13. The number of hydrogen-bond acceptors (Lipinski definition) is 5. The Bertz CT molecular complexity index is 842. The first kappa shape index (κ1) is 23.6. The minimum atomic E-state index is -0.234. The van der Waals surface area contributed by atoms with Crippen LogP contribution in [-0.2, 0) is 11.3 Å². The smallest absolute Gasteiger partial charge is 0.231 e. The Balaban J connectivity index is 0.00000272. The Morgan fingerprint density at radius 2 is 1.87 bits per heavy atom. The van der Waals surface area contributed by atoms with Crippen LogP contribution in [0.15, 0.2) is 18.6 Å². The monoisotopic (exact) mass is 423 g/mol. The molecule has 2 aromatic rings. The zero-order valence-electron chi connectivity index (χ0n) is 18.9. The number of fused-ring (bicyclic) bond motifs is 1. The minimum absolute atomic E-state index is 0. The zero-order valence-corrected chi connectivity index (χ0v) is 18.9. The van der Waals surface area contributed by atoms with E-state index in [1.54, 1.807) is 6.33 Å². The van der Waals surface area contributed by atoms with Crippen LogP contribution in [0.5, 0.6) is 0 Å². The summed E-state index contributed by atoms with van der Waals surface area (Å²) in [5.41, 5.74) is 6.38. The molecule has 1 amide bonds. The standard InChI is InChI=1S/C23H36N6O.B/c1-2-28(14-18-6-4-3-5-7-18)22-20-10-13-29(23(20)26-17-25-22)15-19-8-11-27(12-9-19)16-21(24)30;/h10,13,17-19H,2-9,11-12,14-16H2,1H3,(H2,24,30);. The molecule has 2 aromatic heterocycles. The predicted octanol–water partition coefficient (Wildman–Crippen LogP) is 2.65. The molecular weight excluding hydrogens is 387 g/mol. The van der Waals surface area contributed by atoms with Crippen molar-refractivity contribution in [2.45, 2.75) is 58.4 Å². The quantitative estimate of drug-likeness (QED) is 0.661. The minimum Gasteiger partial charge on any atom is -0.369 e. The molecular formula is C23H36BN6O. The number of carbonyl (C=O) groups excluding carboxylic acids is 1. The summed E-state index contributed by atoms with van der Waals surface area (Å²) >= 11 is 0. The topological polar surface area (TPSA) is 80.3 Å². The van der Waals surface area contributed by atoms with Gasteiger partial charge in [0, 0.05) is 34.2 Å². The summed E-state index contributed by atoms with van der Waals surface area (Å²) in [4.78, 5) is 25.1. The van der Waals surface area contributed by atoms with Crippen LogP contribution in [0.1, 0.15) is 51.9 Å². The molecule has 3 radical (unpaired) electrons. The largest absolute Gasteiger partial charge is 0.369 e. The maximum absolute atomic E-state index is 11.1. The zero-order chi connectivity index (χ0) is 20.9. The van der Waals surface area contributed by atoms with Crippen molar-refractivity contribution in [1.82, 2.24) is 19.4 Å². The molecule has 8 heteroatoms. The van der Waals surface area contributed by atoms with Crippen molar-refractivity contribution in [1.29, 1.82) is 0 Å². The highest BCUT2D eigenvalue weighted by molar-refractivity contribution is 5.87. The molecule has 0 aromatic carbocycles. The van der Waals surface area contributed by atoms with Crippen molar-refractivity contribution in [2.24, 2.45) is 17.6 Å². The fourth-order valence-electron chi connectivity index (χ4n) is 5.26. The normalized spacial score (nSPS) is 18.7. The molecule has 1 saturated carbocycles. The van der Waals surface area contributed by atoms with E-state index < -0.39 is 0 Å². The lowest BCUT2D eigenvalue weighted by molar-refractivity contribution is -0.119. The van der Waals surface area contributed by atoms with Gasteiger partial charge in [0.15, 0.2) is 0 Å². The fourth-order valence-corrected chi connectivity index (χ4v) is 5.26. The molecule has 4 rings (SSSR count). The van der Waals surface area contributed by atoms with Gasteiger partial charge in [-0.3, -0.25) is 9.69 Å². The van der Waals surface area contributed by atoms with Gasteiger partial charge in [-0.15, -0.1) is 0 Å². The highest BCUT2D eigenvalue weighted by Gasteiger charge is 2.23. The van der Waals surface area contributed by atoms with Gasteiger partial charge < -0.3 is 15.2 Å². The molecule has 2 N–H and O–H groups in total. The van der Waals surface area contributed by atoms with Crippen LogP contribution in [0, 0.1) is 11.8 Å². The van der Waals surface area contributed by atoms with Gasteiger partial charge in [-0.25, -0.2) is 9.97 Å². The average Bonchev–Trinajstić information content (AvgIpc) is 3.17. The van der Waals surface area contributed by atoms with E-state index in [0.29, 0.717) is 12.5 Å². The van der Waals surface area contributed by atoms with E-state index in [-0.39, 0.29) is 14.3 Å². The van der Waals surface area contributed by atoms with Crippen molar-refractivity contribution >= 4 is 31.2 Å². The summed E-state index contributed by atoms with van der Waals surface area (Å²) in [5, 5.41) is 1.17. The Kier molecular flexibility index (Phi) is 8.35. The Morgan fingerprint density at radius 1 is 1.13 bits per heavy atom. The molecule has 0 atom stereocenters. The van der Waals surface area contributed by atoms with Gasteiger partial charge in [0.05, 0.1) is 11.9 Å². The third kappa shape index (κ3) is 5.79. The molecule has 2 fully saturated rings. The van der Waals surface area contributed by atoms with Crippen LogP contribution < -0.4 is 10.6 Å². The molecule has 0 unspecified atom stereocenters. The van der Waals surface area contributed by atoms with E-state index in [1.807, 2.05) is 0 Å². The van der Waals surface area contributed by atoms with Crippen LogP contribution in [0.25, 0.3) is 11.0 Å². The summed E-state index contributed by atoms with van der Waals surface area (Å²) in [6, 6.07) is 2.19. The van der Waals surface area contributed by atoms with E-state index in [2.05, 4.69) is 38.5 Å². The van der Waals surface area contributed by atoms with E-state index in [0.717, 1.165) is 62.9 Å². The van der Waals surface area contributed by atoms with Crippen molar-refractivity contribution in [3.8, 4) is 0 Å². The lowest BCUT2D eigenvalue weighted by atomic mass is 9.89. The molecule has 0 spiro atoms.